The van der Waals surface area contributed by atoms with Crippen LogP contribution in [-0.4, -0.2) is 30.8 Å². The molecule has 0 aromatic rings. The fourth-order valence-electron chi connectivity index (χ4n) is 0.895. The van der Waals surface area contributed by atoms with Crippen LogP contribution in [0, 0.1) is 5.92 Å². The molecule has 0 amide bonds. The summed E-state index contributed by atoms with van der Waals surface area (Å²) >= 11 is 0. The van der Waals surface area contributed by atoms with E-state index in [-0.39, 0.29) is 6.61 Å². The van der Waals surface area contributed by atoms with Gasteiger partial charge >= 0.3 is 0 Å². The van der Waals surface area contributed by atoms with E-state index >= 15 is 0 Å². The molecule has 0 aromatic carbocycles. The van der Waals surface area contributed by atoms with Crippen molar-refractivity contribution in [1.82, 2.24) is 0 Å². The van der Waals surface area contributed by atoms with Crippen molar-refractivity contribution in [2.24, 2.45) is 5.92 Å². The first kappa shape index (κ1) is 8.87. The Morgan fingerprint density at radius 2 is 2.00 bits per heavy atom. The largest absolute Gasteiger partial charge is 0.390 e. The summed E-state index contributed by atoms with van der Waals surface area (Å²) in [6.07, 6.45) is -0.964. The third kappa shape index (κ3) is 3.62. The van der Waals surface area contributed by atoms with E-state index in [4.69, 9.17) is 5.11 Å². The van der Waals surface area contributed by atoms with Crippen LogP contribution in [0.2, 0.25) is 0 Å². The number of aliphatic hydroxyl groups is 1. The molecule has 1 aliphatic rings. The Balaban J connectivity index is 1.93. The number of halogens is 2. The SMILES string of the molecule is OC(COCC(F)F)C1CC1. The summed E-state index contributed by atoms with van der Waals surface area (Å²) in [5.41, 5.74) is 0. The van der Waals surface area contributed by atoms with E-state index in [2.05, 4.69) is 4.74 Å². The van der Waals surface area contributed by atoms with Crippen LogP contribution in [0.1, 0.15) is 12.8 Å². The van der Waals surface area contributed by atoms with E-state index in [0.29, 0.717) is 5.92 Å². The molecule has 1 rings (SSSR count). The Hall–Kier alpha value is -0.220. The number of hydrogen-bond acceptors (Lipinski definition) is 2. The standard InChI is InChI=1S/C7H12F2O2/c8-7(9)4-11-3-6(10)5-1-2-5/h5-7,10H,1-4H2. The first-order valence-electron chi connectivity index (χ1n) is 3.74. The van der Waals surface area contributed by atoms with Crippen molar-refractivity contribution in [2.45, 2.75) is 25.4 Å². The van der Waals surface area contributed by atoms with Crippen molar-refractivity contribution < 1.29 is 18.6 Å². The molecule has 0 spiro atoms. The van der Waals surface area contributed by atoms with E-state index in [1.54, 1.807) is 0 Å². The summed E-state index contributed by atoms with van der Waals surface area (Å²) in [5.74, 6) is 0.299. The molecule has 1 atom stereocenters. The maximum Gasteiger partial charge on any atom is 0.261 e. The Morgan fingerprint density at radius 3 is 2.45 bits per heavy atom. The van der Waals surface area contributed by atoms with Gasteiger partial charge < -0.3 is 9.84 Å². The third-order valence-corrected chi connectivity index (χ3v) is 1.70. The normalized spacial score (nSPS) is 20.7. The summed E-state index contributed by atoms with van der Waals surface area (Å²) in [6, 6.07) is 0. The van der Waals surface area contributed by atoms with Gasteiger partial charge in [0, 0.05) is 0 Å². The van der Waals surface area contributed by atoms with Crippen molar-refractivity contribution in [3.63, 3.8) is 0 Å². The van der Waals surface area contributed by atoms with Crippen LogP contribution in [0.15, 0.2) is 0 Å². The summed E-state index contributed by atoms with van der Waals surface area (Å²) < 4.78 is 27.5. The van der Waals surface area contributed by atoms with Gasteiger partial charge in [-0.15, -0.1) is 0 Å². The van der Waals surface area contributed by atoms with Crippen LogP contribution in [0.25, 0.3) is 0 Å². The molecule has 66 valence electrons. The number of rotatable bonds is 5. The Labute approximate surface area is 64.2 Å². The number of aliphatic hydroxyl groups excluding tert-OH is 1. The minimum absolute atomic E-state index is 0.0506. The van der Waals surface area contributed by atoms with E-state index in [0.717, 1.165) is 12.8 Å². The number of ether oxygens (including phenoxy) is 1. The van der Waals surface area contributed by atoms with Crippen LogP contribution in [0.5, 0.6) is 0 Å². The Bertz CT molecular complexity index is 115. The zero-order valence-electron chi connectivity index (χ0n) is 6.17. The molecule has 1 unspecified atom stereocenters. The molecule has 11 heavy (non-hydrogen) atoms. The third-order valence-electron chi connectivity index (χ3n) is 1.70. The molecular weight excluding hydrogens is 154 g/mol. The van der Waals surface area contributed by atoms with Gasteiger partial charge in [0.25, 0.3) is 6.43 Å². The second kappa shape index (κ2) is 3.97. The lowest BCUT2D eigenvalue weighted by atomic mass is 10.2. The molecular formula is C7H12F2O2. The zero-order valence-corrected chi connectivity index (χ0v) is 6.17. The Kier molecular flexibility index (Phi) is 3.20. The second-order valence-electron chi connectivity index (χ2n) is 2.83. The molecule has 1 N–H and O–H groups in total. The molecule has 0 aliphatic heterocycles. The summed E-state index contributed by atoms with van der Waals surface area (Å²) in [7, 11) is 0. The van der Waals surface area contributed by atoms with Gasteiger partial charge in [-0.2, -0.15) is 0 Å². The first-order valence-corrected chi connectivity index (χ1v) is 3.74. The maximum atomic E-state index is 11.5. The van der Waals surface area contributed by atoms with Gasteiger partial charge in [-0.05, 0) is 18.8 Å². The van der Waals surface area contributed by atoms with E-state index in [9.17, 15) is 8.78 Å². The number of hydrogen-bond donors (Lipinski definition) is 1. The van der Waals surface area contributed by atoms with Crippen molar-refractivity contribution in [3.8, 4) is 0 Å². The van der Waals surface area contributed by atoms with Crippen LogP contribution in [0.4, 0.5) is 8.78 Å². The minimum Gasteiger partial charge on any atom is -0.390 e. The fraction of sp³-hybridized carbons (Fsp3) is 1.00. The van der Waals surface area contributed by atoms with Gasteiger partial charge in [-0.1, -0.05) is 0 Å². The Morgan fingerprint density at radius 1 is 1.36 bits per heavy atom. The topological polar surface area (TPSA) is 29.5 Å². The lowest BCUT2D eigenvalue weighted by Gasteiger charge is -2.08. The molecule has 0 radical (unpaired) electrons. The van der Waals surface area contributed by atoms with Gasteiger partial charge in [-0.25, -0.2) is 8.78 Å². The highest BCUT2D eigenvalue weighted by atomic mass is 19.3. The minimum atomic E-state index is -2.43. The predicted octanol–water partition coefficient (Wildman–Crippen LogP) is 1.04. The van der Waals surface area contributed by atoms with Crippen LogP contribution < -0.4 is 0 Å². The highest BCUT2D eigenvalue weighted by molar-refractivity contribution is 4.80. The molecule has 0 saturated heterocycles. The lowest BCUT2D eigenvalue weighted by molar-refractivity contribution is -0.0251. The van der Waals surface area contributed by atoms with Crippen molar-refractivity contribution in [1.29, 1.82) is 0 Å². The first-order chi connectivity index (χ1) is 5.20. The van der Waals surface area contributed by atoms with Crippen LogP contribution >= 0.6 is 0 Å². The van der Waals surface area contributed by atoms with E-state index in [1.807, 2.05) is 0 Å². The van der Waals surface area contributed by atoms with Gasteiger partial charge in [0.15, 0.2) is 0 Å². The zero-order chi connectivity index (χ0) is 8.27. The summed E-state index contributed by atoms with van der Waals surface area (Å²) in [4.78, 5) is 0. The summed E-state index contributed by atoms with van der Waals surface area (Å²) in [5, 5.41) is 9.13. The van der Waals surface area contributed by atoms with Gasteiger partial charge in [-0.3, -0.25) is 0 Å². The van der Waals surface area contributed by atoms with Crippen molar-refractivity contribution in [3.05, 3.63) is 0 Å². The molecule has 0 aromatic heterocycles. The fourth-order valence-corrected chi connectivity index (χ4v) is 0.895. The second-order valence-corrected chi connectivity index (χ2v) is 2.83. The lowest BCUT2D eigenvalue weighted by Crippen LogP contribution is -2.19. The van der Waals surface area contributed by atoms with E-state index in [1.165, 1.54) is 0 Å². The quantitative estimate of drug-likeness (QED) is 0.661. The molecule has 1 saturated carbocycles. The molecule has 0 bridgehead atoms. The molecule has 2 nitrogen and oxygen atoms in total. The highest BCUT2D eigenvalue weighted by Crippen LogP contribution is 2.32. The molecule has 4 heteroatoms. The highest BCUT2D eigenvalue weighted by Gasteiger charge is 2.29. The molecule has 1 aliphatic carbocycles. The maximum absolute atomic E-state index is 11.5. The molecule has 1 fully saturated rings. The van der Waals surface area contributed by atoms with Crippen molar-refractivity contribution in [2.75, 3.05) is 13.2 Å². The smallest absolute Gasteiger partial charge is 0.261 e. The molecule has 0 heterocycles. The number of alkyl halides is 2. The van der Waals surface area contributed by atoms with Crippen LogP contribution in [-0.2, 0) is 4.74 Å². The van der Waals surface area contributed by atoms with Crippen molar-refractivity contribution >= 4 is 0 Å². The average molecular weight is 166 g/mol. The van der Waals surface area contributed by atoms with Gasteiger partial charge in [0.2, 0.25) is 0 Å². The average Bonchev–Trinajstić information content (AvgIpc) is 2.66. The van der Waals surface area contributed by atoms with Gasteiger partial charge in [0.1, 0.15) is 6.61 Å². The van der Waals surface area contributed by atoms with Gasteiger partial charge in [0.05, 0.1) is 12.7 Å². The van der Waals surface area contributed by atoms with E-state index < -0.39 is 19.1 Å². The monoisotopic (exact) mass is 166 g/mol. The predicted molar refractivity (Wildman–Crippen MR) is 35.6 cm³/mol. The van der Waals surface area contributed by atoms with Crippen LogP contribution in [0.3, 0.4) is 0 Å². The summed E-state index contributed by atoms with van der Waals surface area (Å²) in [6.45, 7) is -0.515.